The van der Waals surface area contributed by atoms with E-state index >= 15 is 0 Å². The van der Waals surface area contributed by atoms with Gasteiger partial charge >= 0.3 is 0 Å². The lowest BCUT2D eigenvalue weighted by Gasteiger charge is -2.24. The van der Waals surface area contributed by atoms with Crippen molar-refractivity contribution in [2.45, 2.75) is 37.3 Å². The van der Waals surface area contributed by atoms with Crippen molar-refractivity contribution in [3.63, 3.8) is 0 Å². The second kappa shape index (κ2) is 7.80. The summed E-state index contributed by atoms with van der Waals surface area (Å²) in [5, 5.41) is 10.3. The second-order valence-electron chi connectivity index (χ2n) is 6.22. The van der Waals surface area contributed by atoms with Crippen LogP contribution in [0.1, 0.15) is 20.3 Å². The minimum absolute atomic E-state index is 0.00362. The van der Waals surface area contributed by atoms with Crippen LogP contribution >= 0.6 is 27.5 Å². The van der Waals surface area contributed by atoms with Gasteiger partial charge in [0.15, 0.2) is 0 Å². The molecule has 1 aromatic rings. The summed E-state index contributed by atoms with van der Waals surface area (Å²) < 4.78 is 27.7. The van der Waals surface area contributed by atoms with Crippen molar-refractivity contribution in [1.82, 2.24) is 9.62 Å². The average molecular weight is 426 g/mol. The Morgan fingerprint density at radius 3 is 2.78 bits per heavy atom. The lowest BCUT2D eigenvalue weighted by molar-refractivity contribution is 0.111. The highest BCUT2D eigenvalue weighted by molar-refractivity contribution is 9.10. The number of likely N-dealkylation sites (tertiary alicyclic amines) is 1. The highest BCUT2D eigenvalue weighted by atomic mass is 79.9. The van der Waals surface area contributed by atoms with Gasteiger partial charge in [0, 0.05) is 30.1 Å². The Kier molecular flexibility index (Phi) is 6.49. The van der Waals surface area contributed by atoms with Crippen LogP contribution in [0.25, 0.3) is 0 Å². The smallest absolute Gasteiger partial charge is 0.242 e. The van der Waals surface area contributed by atoms with Crippen molar-refractivity contribution >= 4 is 37.6 Å². The normalized spacial score (nSPS) is 24.0. The number of sulfonamides is 1. The minimum atomic E-state index is -3.76. The van der Waals surface area contributed by atoms with Crippen molar-refractivity contribution in [3.8, 4) is 0 Å². The molecule has 0 bridgehead atoms. The molecule has 3 atom stereocenters. The SMILES string of the molecule is CC1CC(C)N(C[C@H](O)CNS(=O)(=O)c2cc(Br)ccc2Cl)C1. The molecule has 0 spiro atoms. The maximum atomic E-state index is 12.3. The number of halogens is 2. The highest BCUT2D eigenvalue weighted by Gasteiger charge is 2.28. The molecule has 1 aromatic carbocycles. The third-order valence-corrected chi connectivity index (χ3v) is 6.45. The van der Waals surface area contributed by atoms with Gasteiger partial charge < -0.3 is 5.11 Å². The van der Waals surface area contributed by atoms with E-state index in [1.54, 1.807) is 6.07 Å². The van der Waals surface area contributed by atoms with Gasteiger partial charge in [-0.3, -0.25) is 4.90 Å². The van der Waals surface area contributed by atoms with Gasteiger partial charge in [0.2, 0.25) is 10.0 Å². The molecule has 0 saturated carbocycles. The quantitative estimate of drug-likeness (QED) is 0.734. The van der Waals surface area contributed by atoms with Gasteiger partial charge in [-0.2, -0.15) is 0 Å². The number of β-amino-alcohol motifs (C(OH)–C–C–N with tert-alkyl or cyclic N) is 1. The fourth-order valence-electron chi connectivity index (χ4n) is 2.94. The molecule has 1 saturated heterocycles. The van der Waals surface area contributed by atoms with E-state index in [0.29, 0.717) is 23.0 Å². The zero-order valence-electron chi connectivity index (χ0n) is 13.2. The number of aliphatic hydroxyl groups excluding tert-OH is 1. The van der Waals surface area contributed by atoms with Crippen LogP contribution in [0.2, 0.25) is 5.02 Å². The number of benzene rings is 1. The predicted molar refractivity (Wildman–Crippen MR) is 95.2 cm³/mol. The number of nitrogens with one attached hydrogen (secondary N) is 1. The fourth-order valence-corrected chi connectivity index (χ4v) is 5.05. The van der Waals surface area contributed by atoms with Gasteiger partial charge in [-0.05, 0) is 37.5 Å². The van der Waals surface area contributed by atoms with E-state index in [-0.39, 0.29) is 16.5 Å². The molecule has 0 aromatic heterocycles. The molecule has 1 fully saturated rings. The summed E-state index contributed by atoms with van der Waals surface area (Å²) in [4.78, 5) is 2.19. The monoisotopic (exact) mass is 424 g/mol. The Morgan fingerprint density at radius 2 is 2.17 bits per heavy atom. The summed E-state index contributed by atoms with van der Waals surface area (Å²) in [6, 6.07) is 5.05. The van der Waals surface area contributed by atoms with Crippen molar-refractivity contribution in [3.05, 3.63) is 27.7 Å². The minimum Gasteiger partial charge on any atom is -0.390 e. The number of hydrogen-bond acceptors (Lipinski definition) is 4. The summed E-state index contributed by atoms with van der Waals surface area (Å²) >= 11 is 9.19. The van der Waals surface area contributed by atoms with E-state index in [2.05, 4.69) is 39.4 Å². The van der Waals surface area contributed by atoms with Crippen molar-refractivity contribution in [1.29, 1.82) is 0 Å². The van der Waals surface area contributed by atoms with Gasteiger partial charge in [-0.15, -0.1) is 0 Å². The van der Waals surface area contributed by atoms with Gasteiger partial charge in [0.1, 0.15) is 4.90 Å². The summed E-state index contributed by atoms with van der Waals surface area (Å²) in [7, 11) is -3.76. The summed E-state index contributed by atoms with van der Waals surface area (Å²) in [5.41, 5.74) is 0. The van der Waals surface area contributed by atoms with Crippen molar-refractivity contribution in [2.24, 2.45) is 5.92 Å². The molecule has 2 unspecified atom stereocenters. The Balaban J connectivity index is 1.95. The molecular formula is C15H22BrClN2O3S. The largest absolute Gasteiger partial charge is 0.390 e. The topological polar surface area (TPSA) is 69.6 Å². The third kappa shape index (κ3) is 5.14. The van der Waals surface area contributed by atoms with E-state index < -0.39 is 16.1 Å². The van der Waals surface area contributed by atoms with Crippen LogP contribution in [0.3, 0.4) is 0 Å². The van der Waals surface area contributed by atoms with Crippen LogP contribution in [0.15, 0.2) is 27.6 Å². The zero-order chi connectivity index (χ0) is 17.2. The molecule has 130 valence electrons. The molecular weight excluding hydrogens is 404 g/mol. The summed E-state index contributed by atoms with van der Waals surface area (Å²) in [5.74, 6) is 0.606. The van der Waals surface area contributed by atoms with Crippen molar-refractivity contribution in [2.75, 3.05) is 19.6 Å². The van der Waals surface area contributed by atoms with Gasteiger partial charge in [0.05, 0.1) is 11.1 Å². The Morgan fingerprint density at radius 1 is 1.48 bits per heavy atom. The maximum Gasteiger partial charge on any atom is 0.242 e. The maximum absolute atomic E-state index is 12.3. The Hall–Kier alpha value is -0.180. The first-order chi connectivity index (χ1) is 10.7. The molecule has 2 rings (SSSR count). The van der Waals surface area contributed by atoms with Gasteiger partial charge in [-0.25, -0.2) is 13.1 Å². The summed E-state index contributed by atoms with van der Waals surface area (Å²) in [6.07, 6.45) is 0.343. The second-order valence-corrected chi connectivity index (χ2v) is 9.28. The van der Waals surface area contributed by atoms with E-state index in [1.807, 2.05) is 0 Å². The molecule has 0 radical (unpaired) electrons. The predicted octanol–water partition coefficient (Wildman–Crippen LogP) is 2.47. The van der Waals surface area contributed by atoms with Crippen LogP contribution in [0.5, 0.6) is 0 Å². The van der Waals surface area contributed by atoms with E-state index in [1.165, 1.54) is 12.1 Å². The molecule has 1 aliphatic rings. The van der Waals surface area contributed by atoms with Crippen LogP contribution < -0.4 is 4.72 Å². The summed E-state index contributed by atoms with van der Waals surface area (Å²) in [6.45, 7) is 5.66. The first kappa shape index (κ1) is 19.1. The zero-order valence-corrected chi connectivity index (χ0v) is 16.3. The first-order valence-electron chi connectivity index (χ1n) is 7.56. The first-order valence-corrected chi connectivity index (χ1v) is 10.2. The molecule has 0 aliphatic carbocycles. The molecule has 8 heteroatoms. The molecule has 1 aliphatic heterocycles. The van der Waals surface area contributed by atoms with Crippen LogP contribution in [0, 0.1) is 5.92 Å². The van der Waals surface area contributed by atoms with Gasteiger partial charge in [0.25, 0.3) is 0 Å². The Bertz CT molecular complexity index is 656. The van der Waals surface area contributed by atoms with Crippen molar-refractivity contribution < 1.29 is 13.5 Å². The Labute approximate surface area is 151 Å². The standard InChI is InChI=1S/C15H22BrClN2O3S/c1-10-5-11(2)19(8-10)9-13(20)7-18-23(21,22)15-6-12(16)3-4-14(15)17/h3-4,6,10-11,13,18,20H,5,7-9H2,1-2H3/t10?,11?,13-/m1/s1. The van der Waals surface area contributed by atoms with Crippen LogP contribution in [-0.4, -0.2) is 50.2 Å². The lowest BCUT2D eigenvalue weighted by atomic mass is 10.1. The number of rotatable bonds is 6. The number of nitrogens with zero attached hydrogens (tertiary/aromatic N) is 1. The molecule has 2 N–H and O–H groups in total. The molecule has 1 heterocycles. The van der Waals surface area contributed by atoms with E-state index in [0.717, 1.165) is 13.0 Å². The molecule has 5 nitrogen and oxygen atoms in total. The fraction of sp³-hybridized carbons (Fsp3) is 0.600. The molecule has 23 heavy (non-hydrogen) atoms. The van der Waals surface area contributed by atoms with Crippen LogP contribution in [0.4, 0.5) is 0 Å². The third-order valence-electron chi connectivity index (χ3n) is 4.05. The lowest BCUT2D eigenvalue weighted by Crippen LogP contribution is -2.41. The molecule has 0 amide bonds. The highest BCUT2D eigenvalue weighted by Crippen LogP contribution is 2.25. The van der Waals surface area contributed by atoms with E-state index in [9.17, 15) is 13.5 Å². The average Bonchev–Trinajstić information content (AvgIpc) is 2.77. The van der Waals surface area contributed by atoms with Gasteiger partial charge in [-0.1, -0.05) is 34.5 Å². The number of aliphatic hydroxyl groups is 1. The number of hydrogen-bond donors (Lipinski definition) is 2. The van der Waals surface area contributed by atoms with Crippen LogP contribution in [-0.2, 0) is 10.0 Å². The van der Waals surface area contributed by atoms with E-state index in [4.69, 9.17) is 11.6 Å².